The van der Waals surface area contributed by atoms with E-state index in [0.717, 1.165) is 15.6 Å². The summed E-state index contributed by atoms with van der Waals surface area (Å²) in [5, 5.41) is 8.86. The Balaban J connectivity index is 2.39. The summed E-state index contributed by atoms with van der Waals surface area (Å²) in [6, 6.07) is 5.69. The normalized spacial score (nSPS) is 19.6. The van der Waals surface area contributed by atoms with Gasteiger partial charge < -0.3 is 4.90 Å². The van der Waals surface area contributed by atoms with Crippen LogP contribution >= 0.6 is 15.9 Å². The topological polar surface area (TPSA) is 47.3 Å². The second-order valence-electron chi connectivity index (χ2n) is 4.12. The smallest absolute Gasteiger partial charge is 0.318 e. The number of likely N-dealkylation sites (N-methyl/N-ethyl adjacent to an activating group) is 1. The molecule has 1 fully saturated rings. The number of nitriles is 1. The Kier molecular flexibility index (Phi) is 3.07. The zero-order valence-corrected chi connectivity index (χ0v) is 11.2. The van der Waals surface area contributed by atoms with Crippen molar-refractivity contribution in [2.45, 2.75) is 13.0 Å². The molecule has 1 atom stereocenters. The molecule has 1 heterocycles. The number of benzene rings is 1. The quantitative estimate of drug-likeness (QED) is 0.748. The predicted molar refractivity (Wildman–Crippen MR) is 67.1 cm³/mol. The molecule has 2 amide bonds. The van der Waals surface area contributed by atoms with Crippen LogP contribution < -0.4 is 0 Å². The van der Waals surface area contributed by atoms with Crippen LogP contribution in [0.2, 0.25) is 0 Å². The number of amides is 2. The molecule has 0 spiro atoms. The lowest BCUT2D eigenvalue weighted by Crippen LogP contribution is -2.26. The second kappa shape index (κ2) is 4.38. The van der Waals surface area contributed by atoms with E-state index in [1.165, 1.54) is 4.90 Å². The highest BCUT2D eigenvalue weighted by Gasteiger charge is 2.36. The summed E-state index contributed by atoms with van der Waals surface area (Å²) in [4.78, 5) is 14.5. The summed E-state index contributed by atoms with van der Waals surface area (Å²) < 4.78 is 0.981. The van der Waals surface area contributed by atoms with E-state index in [1.54, 1.807) is 11.9 Å². The van der Waals surface area contributed by atoms with Gasteiger partial charge >= 0.3 is 6.03 Å². The second-order valence-corrected chi connectivity index (χ2v) is 5.04. The van der Waals surface area contributed by atoms with Crippen LogP contribution in [-0.4, -0.2) is 29.4 Å². The summed E-state index contributed by atoms with van der Waals surface area (Å²) in [5.74, 6) is 0. The third-order valence-corrected chi connectivity index (χ3v) is 3.57. The van der Waals surface area contributed by atoms with Gasteiger partial charge in [0.25, 0.3) is 0 Å². The van der Waals surface area contributed by atoms with Crippen LogP contribution in [0.25, 0.3) is 0 Å². The summed E-state index contributed by atoms with van der Waals surface area (Å²) in [7, 11) is 1.73. The van der Waals surface area contributed by atoms with E-state index in [1.807, 2.05) is 31.3 Å². The highest BCUT2D eigenvalue weighted by Crippen LogP contribution is 2.31. The molecule has 0 N–H and O–H groups in total. The first kappa shape index (κ1) is 11.9. The number of rotatable bonds is 1. The molecule has 5 heteroatoms. The van der Waals surface area contributed by atoms with Gasteiger partial charge in [0.15, 0.2) is 6.19 Å². The number of carbonyl (C=O) groups is 1. The first-order chi connectivity index (χ1) is 8.04. The first-order valence-corrected chi connectivity index (χ1v) is 6.04. The monoisotopic (exact) mass is 293 g/mol. The van der Waals surface area contributed by atoms with Crippen molar-refractivity contribution in [2.24, 2.45) is 0 Å². The predicted octanol–water partition coefficient (Wildman–Crippen LogP) is 2.65. The molecule has 1 aliphatic rings. The molecule has 1 saturated heterocycles. The molecule has 0 saturated carbocycles. The average molecular weight is 294 g/mol. The lowest BCUT2D eigenvalue weighted by atomic mass is 10.0. The van der Waals surface area contributed by atoms with E-state index < -0.39 is 0 Å². The zero-order chi connectivity index (χ0) is 12.6. The van der Waals surface area contributed by atoms with E-state index in [0.29, 0.717) is 6.54 Å². The molecule has 88 valence electrons. The number of urea groups is 1. The third kappa shape index (κ3) is 2.01. The van der Waals surface area contributed by atoms with Crippen LogP contribution in [0.1, 0.15) is 17.2 Å². The molecule has 4 nitrogen and oxygen atoms in total. The lowest BCUT2D eigenvalue weighted by Gasteiger charge is -2.20. The van der Waals surface area contributed by atoms with Crippen LogP contribution in [0, 0.1) is 18.4 Å². The molecule has 17 heavy (non-hydrogen) atoms. The Morgan fingerprint density at radius 3 is 2.82 bits per heavy atom. The fourth-order valence-electron chi connectivity index (χ4n) is 2.06. The number of hydrogen-bond donors (Lipinski definition) is 0. The van der Waals surface area contributed by atoms with Gasteiger partial charge in [0, 0.05) is 11.5 Å². The number of hydrogen-bond acceptors (Lipinski definition) is 2. The minimum atomic E-state index is -0.239. The number of carbonyl (C=O) groups excluding carboxylic acids is 1. The van der Waals surface area contributed by atoms with Crippen molar-refractivity contribution < 1.29 is 4.79 Å². The van der Waals surface area contributed by atoms with Crippen molar-refractivity contribution >= 4 is 22.0 Å². The maximum Gasteiger partial charge on any atom is 0.333 e. The Morgan fingerprint density at radius 2 is 2.24 bits per heavy atom. The number of halogens is 1. The van der Waals surface area contributed by atoms with Crippen molar-refractivity contribution in [3.8, 4) is 6.19 Å². The van der Waals surface area contributed by atoms with E-state index in [2.05, 4.69) is 15.9 Å². The van der Waals surface area contributed by atoms with E-state index in [4.69, 9.17) is 5.26 Å². The SMILES string of the molecule is Cc1ccc(Br)cc1C1CN(C#N)C(=O)N1C. The van der Waals surface area contributed by atoms with E-state index in [-0.39, 0.29) is 12.1 Å². The van der Waals surface area contributed by atoms with Crippen LogP contribution in [-0.2, 0) is 0 Å². The van der Waals surface area contributed by atoms with Crippen molar-refractivity contribution in [3.05, 3.63) is 33.8 Å². The Morgan fingerprint density at radius 1 is 1.53 bits per heavy atom. The average Bonchev–Trinajstić information content (AvgIpc) is 2.59. The minimum absolute atomic E-state index is 0.0559. The maximum atomic E-state index is 11.7. The molecule has 0 radical (unpaired) electrons. The van der Waals surface area contributed by atoms with Gasteiger partial charge in [-0.2, -0.15) is 5.26 Å². The lowest BCUT2D eigenvalue weighted by molar-refractivity contribution is 0.205. The standard InChI is InChI=1S/C12H12BrN3O/c1-8-3-4-9(13)5-10(8)11-6-16(7-14)12(17)15(11)2/h3-5,11H,6H2,1-2H3. The summed E-state index contributed by atoms with van der Waals surface area (Å²) in [6.45, 7) is 2.43. The van der Waals surface area contributed by atoms with Gasteiger partial charge in [-0.1, -0.05) is 22.0 Å². The Bertz CT molecular complexity index is 509. The van der Waals surface area contributed by atoms with Gasteiger partial charge in [-0.25, -0.2) is 9.69 Å². The van der Waals surface area contributed by atoms with Crippen LogP contribution in [0.4, 0.5) is 4.79 Å². The highest BCUT2D eigenvalue weighted by molar-refractivity contribution is 9.10. The number of aryl methyl sites for hydroxylation is 1. The Hall–Kier alpha value is -1.54. The minimum Gasteiger partial charge on any atom is -0.318 e. The molecule has 0 aliphatic carbocycles. The highest BCUT2D eigenvalue weighted by atomic mass is 79.9. The maximum absolute atomic E-state index is 11.7. The fourth-order valence-corrected chi connectivity index (χ4v) is 2.44. The molecule has 1 aromatic carbocycles. The van der Waals surface area contributed by atoms with Crippen molar-refractivity contribution in [1.29, 1.82) is 5.26 Å². The van der Waals surface area contributed by atoms with E-state index >= 15 is 0 Å². The van der Waals surface area contributed by atoms with Gasteiger partial charge in [-0.3, -0.25) is 0 Å². The molecule has 2 rings (SSSR count). The molecular formula is C12H12BrN3O. The summed E-state index contributed by atoms with van der Waals surface area (Å²) in [6.07, 6.45) is 1.91. The third-order valence-electron chi connectivity index (χ3n) is 3.08. The van der Waals surface area contributed by atoms with Crippen LogP contribution in [0.5, 0.6) is 0 Å². The molecule has 0 bridgehead atoms. The largest absolute Gasteiger partial charge is 0.333 e. The summed E-state index contributed by atoms with van der Waals surface area (Å²) >= 11 is 3.43. The Labute approximate surface area is 109 Å². The van der Waals surface area contributed by atoms with Gasteiger partial charge in [0.05, 0.1) is 12.6 Å². The van der Waals surface area contributed by atoms with Gasteiger partial charge in [0.2, 0.25) is 0 Å². The first-order valence-electron chi connectivity index (χ1n) is 5.24. The molecule has 1 aromatic rings. The fraction of sp³-hybridized carbons (Fsp3) is 0.333. The molecular weight excluding hydrogens is 282 g/mol. The number of nitrogens with zero attached hydrogens (tertiary/aromatic N) is 3. The van der Waals surface area contributed by atoms with Crippen LogP contribution in [0.15, 0.2) is 22.7 Å². The van der Waals surface area contributed by atoms with E-state index in [9.17, 15) is 4.79 Å². The van der Waals surface area contributed by atoms with Crippen molar-refractivity contribution in [2.75, 3.05) is 13.6 Å². The van der Waals surface area contributed by atoms with Crippen molar-refractivity contribution in [1.82, 2.24) is 9.80 Å². The van der Waals surface area contributed by atoms with Gasteiger partial charge in [-0.05, 0) is 30.2 Å². The van der Waals surface area contributed by atoms with Crippen molar-refractivity contribution in [3.63, 3.8) is 0 Å². The molecule has 1 unspecified atom stereocenters. The zero-order valence-electron chi connectivity index (χ0n) is 9.64. The van der Waals surface area contributed by atoms with Gasteiger partial charge in [0.1, 0.15) is 0 Å². The summed E-state index contributed by atoms with van der Waals surface area (Å²) in [5.41, 5.74) is 2.20. The molecule has 0 aromatic heterocycles. The van der Waals surface area contributed by atoms with Gasteiger partial charge in [-0.15, -0.1) is 0 Å². The molecule has 1 aliphatic heterocycles. The van der Waals surface area contributed by atoms with Crippen LogP contribution in [0.3, 0.4) is 0 Å².